The van der Waals surface area contributed by atoms with E-state index in [0.717, 1.165) is 33.3 Å². The largest absolute Gasteiger partial charge is 0.368 e. The summed E-state index contributed by atoms with van der Waals surface area (Å²) < 4.78 is 2.77. The third-order valence-corrected chi connectivity index (χ3v) is 4.67. The minimum Gasteiger partial charge on any atom is -0.368 e. The van der Waals surface area contributed by atoms with Gasteiger partial charge in [-0.1, -0.05) is 27.5 Å². The fraction of sp³-hybridized carbons (Fsp3) is 0.294. The number of aryl methyl sites for hydroxylation is 1. The van der Waals surface area contributed by atoms with Crippen molar-refractivity contribution in [2.75, 3.05) is 26.0 Å². The van der Waals surface area contributed by atoms with Crippen LogP contribution in [0.3, 0.4) is 0 Å². The second-order valence-corrected chi connectivity index (χ2v) is 7.29. The molecular weight excluding hydrogens is 390 g/mol. The molecule has 0 spiro atoms. The molecule has 2 aromatic heterocycles. The van der Waals surface area contributed by atoms with E-state index in [1.807, 2.05) is 48.4 Å². The van der Waals surface area contributed by atoms with Crippen LogP contribution in [-0.4, -0.2) is 40.3 Å². The molecule has 0 saturated heterocycles. The van der Waals surface area contributed by atoms with E-state index in [1.165, 1.54) is 0 Å². The molecule has 0 radical (unpaired) electrons. The highest BCUT2D eigenvalue weighted by Crippen LogP contribution is 2.28. The summed E-state index contributed by atoms with van der Waals surface area (Å²) in [5.41, 5.74) is 1.96. The van der Waals surface area contributed by atoms with Gasteiger partial charge >= 0.3 is 0 Å². The topological polar surface area (TPSA) is 46.0 Å². The van der Waals surface area contributed by atoms with E-state index in [-0.39, 0.29) is 6.04 Å². The lowest BCUT2D eigenvalue weighted by Gasteiger charge is -2.23. The summed E-state index contributed by atoms with van der Waals surface area (Å²) >= 11 is 9.76. The first-order valence-electron chi connectivity index (χ1n) is 7.58. The Bertz CT molecular complexity index is 861. The molecule has 1 unspecified atom stereocenters. The predicted molar refractivity (Wildman–Crippen MR) is 103 cm³/mol. The number of likely N-dealkylation sites (N-methyl/N-ethyl adjacent to an activating group) is 1. The Morgan fingerprint density at radius 3 is 2.79 bits per heavy atom. The maximum atomic E-state index is 6.31. The SMILES string of the molecule is CN(C)C(CNc1ccc2cc(Br)cc(Cl)c2n1)c1cnn(C)c1. The number of halogens is 2. The summed E-state index contributed by atoms with van der Waals surface area (Å²) in [6.07, 6.45) is 3.93. The van der Waals surface area contributed by atoms with Crippen molar-refractivity contribution < 1.29 is 0 Å². The minimum absolute atomic E-state index is 0.205. The van der Waals surface area contributed by atoms with Crippen LogP contribution >= 0.6 is 27.5 Å². The summed E-state index contributed by atoms with van der Waals surface area (Å²) in [6.45, 7) is 0.728. The highest BCUT2D eigenvalue weighted by molar-refractivity contribution is 9.10. The van der Waals surface area contributed by atoms with Gasteiger partial charge in [0, 0.05) is 35.2 Å². The maximum absolute atomic E-state index is 6.31. The summed E-state index contributed by atoms with van der Waals surface area (Å²) in [4.78, 5) is 6.80. The number of anilines is 1. The Labute approximate surface area is 154 Å². The third-order valence-electron chi connectivity index (χ3n) is 3.92. The highest BCUT2D eigenvalue weighted by atomic mass is 79.9. The normalized spacial score (nSPS) is 12.8. The van der Waals surface area contributed by atoms with Crippen LogP contribution in [0, 0.1) is 0 Å². The Morgan fingerprint density at radius 1 is 1.33 bits per heavy atom. The molecule has 0 bridgehead atoms. The van der Waals surface area contributed by atoms with E-state index in [0.29, 0.717) is 5.02 Å². The van der Waals surface area contributed by atoms with E-state index in [1.54, 1.807) is 0 Å². The van der Waals surface area contributed by atoms with Crippen LogP contribution in [0.2, 0.25) is 5.02 Å². The first-order valence-corrected chi connectivity index (χ1v) is 8.76. The number of aromatic nitrogens is 3. The van der Waals surface area contributed by atoms with Crippen molar-refractivity contribution in [1.82, 2.24) is 19.7 Å². The van der Waals surface area contributed by atoms with Crippen LogP contribution in [-0.2, 0) is 7.05 Å². The molecule has 1 N–H and O–H groups in total. The lowest BCUT2D eigenvalue weighted by molar-refractivity contribution is 0.311. The van der Waals surface area contributed by atoms with Crippen molar-refractivity contribution in [3.05, 3.63) is 51.7 Å². The molecule has 0 aliphatic rings. The predicted octanol–water partition coefficient (Wildman–Crippen LogP) is 4.10. The second-order valence-electron chi connectivity index (χ2n) is 5.96. The van der Waals surface area contributed by atoms with Gasteiger partial charge in [-0.25, -0.2) is 4.98 Å². The number of nitrogens with zero attached hydrogens (tertiary/aromatic N) is 4. The zero-order valence-electron chi connectivity index (χ0n) is 13.8. The smallest absolute Gasteiger partial charge is 0.126 e. The molecule has 1 aromatic carbocycles. The van der Waals surface area contributed by atoms with Gasteiger partial charge < -0.3 is 10.2 Å². The number of nitrogens with one attached hydrogen (secondary N) is 1. The lowest BCUT2D eigenvalue weighted by atomic mass is 10.1. The summed E-state index contributed by atoms with van der Waals surface area (Å²) in [7, 11) is 6.04. The van der Waals surface area contributed by atoms with Crippen LogP contribution in [0.15, 0.2) is 41.1 Å². The number of hydrogen-bond donors (Lipinski definition) is 1. The van der Waals surface area contributed by atoms with Gasteiger partial charge in [-0.3, -0.25) is 4.68 Å². The molecule has 0 aliphatic carbocycles. The standard InChI is InChI=1S/C17H19BrClN5/c1-23(2)15(12-8-21-24(3)10-12)9-20-16-5-4-11-6-13(18)7-14(19)17(11)22-16/h4-8,10,15H,9H2,1-3H3,(H,20,22). The van der Waals surface area contributed by atoms with E-state index in [9.17, 15) is 0 Å². The van der Waals surface area contributed by atoms with Gasteiger partial charge in [0.05, 0.1) is 22.8 Å². The van der Waals surface area contributed by atoms with Gasteiger partial charge in [-0.05, 0) is 38.4 Å². The van der Waals surface area contributed by atoms with Crippen molar-refractivity contribution in [3.63, 3.8) is 0 Å². The van der Waals surface area contributed by atoms with Gasteiger partial charge in [-0.15, -0.1) is 0 Å². The highest BCUT2D eigenvalue weighted by Gasteiger charge is 2.16. The fourth-order valence-electron chi connectivity index (χ4n) is 2.67. The van der Waals surface area contributed by atoms with E-state index in [2.05, 4.69) is 50.3 Å². The zero-order valence-corrected chi connectivity index (χ0v) is 16.1. The van der Waals surface area contributed by atoms with Crippen LogP contribution in [0.5, 0.6) is 0 Å². The van der Waals surface area contributed by atoms with E-state index in [4.69, 9.17) is 11.6 Å². The van der Waals surface area contributed by atoms with Gasteiger partial charge in [0.1, 0.15) is 5.82 Å². The van der Waals surface area contributed by atoms with E-state index < -0.39 is 0 Å². The monoisotopic (exact) mass is 407 g/mol. The molecule has 5 nitrogen and oxygen atoms in total. The zero-order chi connectivity index (χ0) is 17.3. The number of benzene rings is 1. The third kappa shape index (κ3) is 3.71. The first-order chi connectivity index (χ1) is 11.4. The van der Waals surface area contributed by atoms with Crippen LogP contribution in [0.25, 0.3) is 10.9 Å². The molecule has 0 aliphatic heterocycles. The summed E-state index contributed by atoms with van der Waals surface area (Å²) in [6, 6.07) is 8.07. The minimum atomic E-state index is 0.205. The van der Waals surface area contributed by atoms with Gasteiger partial charge in [0.2, 0.25) is 0 Å². The Hall–Kier alpha value is -1.63. The van der Waals surface area contributed by atoms with Crippen molar-refractivity contribution in [2.24, 2.45) is 7.05 Å². The molecule has 0 fully saturated rings. The molecule has 24 heavy (non-hydrogen) atoms. The molecular formula is C17H19BrClN5. The number of rotatable bonds is 5. The molecule has 0 amide bonds. The quantitative estimate of drug-likeness (QED) is 0.690. The molecule has 126 valence electrons. The van der Waals surface area contributed by atoms with Crippen molar-refractivity contribution in [1.29, 1.82) is 0 Å². The van der Waals surface area contributed by atoms with Crippen LogP contribution in [0.1, 0.15) is 11.6 Å². The summed E-state index contributed by atoms with van der Waals surface area (Å²) in [5, 5.41) is 9.32. The molecule has 3 aromatic rings. The average molecular weight is 409 g/mol. The Balaban J connectivity index is 1.81. The van der Waals surface area contributed by atoms with Crippen LogP contribution in [0.4, 0.5) is 5.82 Å². The van der Waals surface area contributed by atoms with Crippen molar-refractivity contribution >= 4 is 44.3 Å². The molecule has 7 heteroatoms. The Morgan fingerprint density at radius 2 is 2.12 bits per heavy atom. The molecule has 2 heterocycles. The maximum Gasteiger partial charge on any atom is 0.126 e. The van der Waals surface area contributed by atoms with Gasteiger partial charge in [0.15, 0.2) is 0 Å². The number of hydrogen-bond acceptors (Lipinski definition) is 4. The average Bonchev–Trinajstić information content (AvgIpc) is 2.93. The van der Waals surface area contributed by atoms with Crippen molar-refractivity contribution in [2.45, 2.75) is 6.04 Å². The number of pyridine rings is 1. The fourth-order valence-corrected chi connectivity index (χ4v) is 3.54. The summed E-state index contributed by atoms with van der Waals surface area (Å²) in [5.74, 6) is 0.808. The van der Waals surface area contributed by atoms with Gasteiger partial charge in [0.25, 0.3) is 0 Å². The van der Waals surface area contributed by atoms with E-state index >= 15 is 0 Å². The van der Waals surface area contributed by atoms with Crippen molar-refractivity contribution in [3.8, 4) is 0 Å². The van der Waals surface area contributed by atoms with Crippen LogP contribution < -0.4 is 5.32 Å². The second kappa shape index (κ2) is 7.09. The van der Waals surface area contributed by atoms with Gasteiger partial charge in [-0.2, -0.15) is 5.10 Å². The first kappa shape index (κ1) is 17.2. The lowest BCUT2D eigenvalue weighted by Crippen LogP contribution is -2.26. The molecule has 3 rings (SSSR count). The number of fused-ring (bicyclic) bond motifs is 1. The molecule has 0 saturated carbocycles. The Kier molecular flexibility index (Phi) is 5.08. The molecule has 1 atom stereocenters.